The van der Waals surface area contributed by atoms with E-state index in [0.717, 1.165) is 35.4 Å². The van der Waals surface area contributed by atoms with E-state index in [4.69, 9.17) is 4.42 Å². The van der Waals surface area contributed by atoms with Crippen molar-refractivity contribution in [2.45, 2.75) is 12.8 Å². The van der Waals surface area contributed by atoms with Crippen molar-refractivity contribution in [3.05, 3.63) is 48.5 Å². The molecule has 1 saturated heterocycles. The smallest absolute Gasteiger partial charge is 0.300 e. The molecular weight excluding hydrogens is 278 g/mol. The van der Waals surface area contributed by atoms with Gasteiger partial charge in [-0.1, -0.05) is 12.1 Å². The van der Waals surface area contributed by atoms with Crippen LogP contribution in [-0.4, -0.2) is 17.4 Å². The second-order valence-corrected chi connectivity index (χ2v) is 5.31. The number of fused-ring (bicyclic) bond motifs is 1. The number of benzene rings is 2. The second-order valence-electron chi connectivity index (χ2n) is 5.31. The van der Waals surface area contributed by atoms with Gasteiger partial charge in [0, 0.05) is 24.3 Å². The zero-order chi connectivity index (χ0) is 14.9. The fourth-order valence-corrected chi connectivity index (χ4v) is 2.70. The molecule has 1 aliphatic heterocycles. The summed E-state index contributed by atoms with van der Waals surface area (Å²) >= 11 is 0. The number of hydrogen-bond acceptors (Lipinski definition) is 4. The highest BCUT2D eigenvalue weighted by Crippen LogP contribution is 2.25. The lowest BCUT2D eigenvalue weighted by molar-refractivity contribution is -0.117. The van der Waals surface area contributed by atoms with E-state index in [1.165, 1.54) is 0 Å². The Hall–Kier alpha value is -2.82. The second kappa shape index (κ2) is 5.18. The molecule has 5 heteroatoms. The third-order valence-corrected chi connectivity index (χ3v) is 3.80. The van der Waals surface area contributed by atoms with Crippen LogP contribution in [0, 0.1) is 0 Å². The van der Waals surface area contributed by atoms with Crippen molar-refractivity contribution in [1.82, 2.24) is 4.98 Å². The monoisotopic (exact) mass is 293 g/mol. The number of para-hydroxylation sites is 2. The van der Waals surface area contributed by atoms with E-state index < -0.39 is 0 Å². The minimum atomic E-state index is 0.194. The summed E-state index contributed by atoms with van der Waals surface area (Å²) in [7, 11) is 0. The van der Waals surface area contributed by atoms with Gasteiger partial charge in [0.1, 0.15) is 5.52 Å². The molecular formula is C17H15N3O2. The molecule has 1 fully saturated rings. The van der Waals surface area contributed by atoms with E-state index in [0.29, 0.717) is 12.4 Å². The lowest BCUT2D eigenvalue weighted by Crippen LogP contribution is -2.23. The van der Waals surface area contributed by atoms with Crippen molar-refractivity contribution in [2.75, 3.05) is 16.8 Å². The summed E-state index contributed by atoms with van der Waals surface area (Å²) in [6, 6.07) is 15.8. The van der Waals surface area contributed by atoms with Gasteiger partial charge in [-0.2, -0.15) is 4.98 Å². The van der Waals surface area contributed by atoms with Crippen LogP contribution in [0.2, 0.25) is 0 Å². The summed E-state index contributed by atoms with van der Waals surface area (Å²) in [4.78, 5) is 17.9. The number of amides is 1. The number of carbonyl (C=O) groups excluding carboxylic acids is 1. The molecule has 1 N–H and O–H groups in total. The van der Waals surface area contributed by atoms with E-state index in [1.807, 2.05) is 53.4 Å². The first-order chi connectivity index (χ1) is 10.8. The average molecular weight is 293 g/mol. The summed E-state index contributed by atoms with van der Waals surface area (Å²) in [6.07, 6.45) is 1.57. The average Bonchev–Trinajstić information content (AvgIpc) is 3.13. The topological polar surface area (TPSA) is 58.4 Å². The Morgan fingerprint density at radius 3 is 2.64 bits per heavy atom. The molecule has 0 aliphatic carbocycles. The number of rotatable bonds is 3. The first-order valence-corrected chi connectivity index (χ1v) is 7.33. The van der Waals surface area contributed by atoms with E-state index in [9.17, 15) is 4.79 Å². The summed E-state index contributed by atoms with van der Waals surface area (Å²) in [6.45, 7) is 0.802. The van der Waals surface area contributed by atoms with Crippen LogP contribution in [0.4, 0.5) is 17.4 Å². The number of anilines is 3. The first-order valence-electron chi connectivity index (χ1n) is 7.33. The highest BCUT2D eigenvalue weighted by molar-refractivity contribution is 5.95. The highest BCUT2D eigenvalue weighted by Gasteiger charge is 2.21. The molecule has 0 atom stereocenters. The molecule has 0 spiro atoms. The number of hydrogen-bond donors (Lipinski definition) is 1. The molecule has 0 unspecified atom stereocenters. The van der Waals surface area contributed by atoms with Gasteiger partial charge in [0.15, 0.2) is 5.58 Å². The van der Waals surface area contributed by atoms with Gasteiger partial charge >= 0.3 is 0 Å². The number of nitrogens with zero attached hydrogens (tertiary/aromatic N) is 2. The van der Waals surface area contributed by atoms with Crippen LogP contribution in [-0.2, 0) is 4.79 Å². The summed E-state index contributed by atoms with van der Waals surface area (Å²) < 4.78 is 5.63. The van der Waals surface area contributed by atoms with E-state index in [2.05, 4.69) is 10.3 Å². The Balaban J connectivity index is 1.54. The van der Waals surface area contributed by atoms with Crippen LogP contribution in [0.3, 0.4) is 0 Å². The molecule has 5 nitrogen and oxygen atoms in total. The normalized spacial score (nSPS) is 14.7. The molecule has 3 aromatic rings. The third-order valence-electron chi connectivity index (χ3n) is 3.80. The number of nitrogens with one attached hydrogen (secondary N) is 1. The number of aromatic nitrogens is 1. The molecule has 4 rings (SSSR count). The van der Waals surface area contributed by atoms with Gasteiger partial charge in [0.25, 0.3) is 6.01 Å². The molecule has 0 saturated carbocycles. The number of oxazole rings is 1. The van der Waals surface area contributed by atoms with Gasteiger partial charge in [-0.05, 0) is 42.8 Å². The summed E-state index contributed by atoms with van der Waals surface area (Å²) in [5.41, 5.74) is 3.39. The molecule has 0 radical (unpaired) electrons. The highest BCUT2D eigenvalue weighted by atomic mass is 16.4. The molecule has 2 heterocycles. The molecule has 1 aromatic heterocycles. The SMILES string of the molecule is O=C1CCCN1c1ccc(Nc2nc3ccccc3o2)cc1. The molecule has 22 heavy (non-hydrogen) atoms. The fraction of sp³-hybridized carbons (Fsp3) is 0.176. The fourth-order valence-electron chi connectivity index (χ4n) is 2.70. The maximum absolute atomic E-state index is 11.7. The van der Waals surface area contributed by atoms with Crippen molar-refractivity contribution in [2.24, 2.45) is 0 Å². The molecule has 0 bridgehead atoms. The molecule has 110 valence electrons. The zero-order valence-electron chi connectivity index (χ0n) is 12.0. The lowest BCUT2D eigenvalue weighted by atomic mass is 10.2. The van der Waals surface area contributed by atoms with E-state index in [-0.39, 0.29) is 5.91 Å². The maximum atomic E-state index is 11.7. The number of carbonyl (C=O) groups is 1. The van der Waals surface area contributed by atoms with Gasteiger partial charge in [0.2, 0.25) is 5.91 Å². The molecule has 1 aliphatic rings. The van der Waals surface area contributed by atoms with E-state index >= 15 is 0 Å². The van der Waals surface area contributed by atoms with Crippen molar-refractivity contribution in [3.63, 3.8) is 0 Å². The van der Waals surface area contributed by atoms with Crippen LogP contribution in [0.25, 0.3) is 11.1 Å². The lowest BCUT2D eigenvalue weighted by Gasteiger charge is -2.15. The Bertz CT molecular complexity index is 790. The van der Waals surface area contributed by atoms with Crippen LogP contribution in [0.5, 0.6) is 0 Å². The van der Waals surface area contributed by atoms with Gasteiger partial charge < -0.3 is 14.6 Å². The van der Waals surface area contributed by atoms with Crippen molar-refractivity contribution >= 4 is 34.4 Å². The Morgan fingerprint density at radius 2 is 1.91 bits per heavy atom. The van der Waals surface area contributed by atoms with Gasteiger partial charge in [-0.15, -0.1) is 0 Å². The predicted octanol–water partition coefficient (Wildman–Crippen LogP) is 3.70. The molecule has 1 amide bonds. The standard InChI is InChI=1S/C17H15N3O2/c21-16-6-3-11-20(16)13-9-7-12(8-10-13)18-17-19-14-4-1-2-5-15(14)22-17/h1-2,4-5,7-10H,3,6,11H2,(H,18,19). The van der Waals surface area contributed by atoms with Gasteiger partial charge in [0.05, 0.1) is 0 Å². The third kappa shape index (κ3) is 2.30. The zero-order valence-corrected chi connectivity index (χ0v) is 12.0. The first kappa shape index (κ1) is 12.9. The quantitative estimate of drug-likeness (QED) is 0.800. The van der Waals surface area contributed by atoms with Gasteiger partial charge in [-0.3, -0.25) is 4.79 Å². The molecule has 2 aromatic carbocycles. The van der Waals surface area contributed by atoms with Crippen molar-refractivity contribution in [1.29, 1.82) is 0 Å². The minimum Gasteiger partial charge on any atom is -0.423 e. The van der Waals surface area contributed by atoms with Gasteiger partial charge in [-0.25, -0.2) is 0 Å². The van der Waals surface area contributed by atoms with Crippen LogP contribution in [0.1, 0.15) is 12.8 Å². The van der Waals surface area contributed by atoms with Crippen molar-refractivity contribution < 1.29 is 9.21 Å². The Labute approximate surface area is 127 Å². The largest absolute Gasteiger partial charge is 0.423 e. The Kier molecular flexibility index (Phi) is 3.04. The van der Waals surface area contributed by atoms with E-state index in [1.54, 1.807) is 0 Å². The Morgan fingerprint density at radius 1 is 1.09 bits per heavy atom. The van der Waals surface area contributed by atoms with Crippen LogP contribution in [0.15, 0.2) is 52.9 Å². The maximum Gasteiger partial charge on any atom is 0.300 e. The minimum absolute atomic E-state index is 0.194. The summed E-state index contributed by atoms with van der Waals surface area (Å²) in [5, 5.41) is 3.14. The van der Waals surface area contributed by atoms with Crippen LogP contribution >= 0.6 is 0 Å². The predicted molar refractivity (Wildman–Crippen MR) is 85.3 cm³/mol. The van der Waals surface area contributed by atoms with Crippen molar-refractivity contribution in [3.8, 4) is 0 Å². The van der Waals surface area contributed by atoms with Crippen LogP contribution < -0.4 is 10.2 Å². The summed E-state index contributed by atoms with van der Waals surface area (Å²) in [5.74, 6) is 0.194.